The summed E-state index contributed by atoms with van der Waals surface area (Å²) < 4.78 is 15.1. The number of hydrogen-bond donors (Lipinski definition) is 1. The maximum Gasteiger partial charge on any atom is 0.331 e. The lowest BCUT2D eigenvalue weighted by molar-refractivity contribution is -0.148. The largest absolute Gasteiger partial charge is 0.479 e. The highest BCUT2D eigenvalue weighted by atomic mass is 19.1. The van der Waals surface area contributed by atoms with Crippen LogP contribution in [0.2, 0.25) is 0 Å². The summed E-state index contributed by atoms with van der Waals surface area (Å²) in [7, 11) is 0. The Morgan fingerprint density at radius 3 is 2.55 bits per heavy atom. The molecule has 1 aromatic carbocycles. The summed E-state index contributed by atoms with van der Waals surface area (Å²) in [5, 5.41) is 20.6. The first-order chi connectivity index (χ1) is 9.56. The van der Waals surface area contributed by atoms with E-state index in [1.54, 1.807) is 26.0 Å². The lowest BCUT2D eigenvalue weighted by Gasteiger charge is -2.27. The van der Waals surface area contributed by atoms with Gasteiger partial charge in [-0.3, -0.25) is 0 Å². The maximum atomic E-state index is 13.9. The molecule has 0 atom stereocenters. The standard InChI is InChI=1S/C13H15FN4O2/c1-3-13(4-2,12(19)20)18-11(15-16-17-18)9-7-5-6-8-10(9)14/h5-8H,3-4H2,1-2H3,(H,19,20). The first-order valence-electron chi connectivity index (χ1n) is 6.34. The summed E-state index contributed by atoms with van der Waals surface area (Å²) in [6.07, 6.45) is 0.594. The van der Waals surface area contributed by atoms with E-state index in [0.717, 1.165) is 0 Å². The average Bonchev–Trinajstić information content (AvgIpc) is 2.91. The van der Waals surface area contributed by atoms with Gasteiger partial charge in [-0.1, -0.05) is 26.0 Å². The van der Waals surface area contributed by atoms with Crippen molar-refractivity contribution in [3.05, 3.63) is 30.1 Å². The van der Waals surface area contributed by atoms with E-state index in [9.17, 15) is 14.3 Å². The van der Waals surface area contributed by atoms with Crippen LogP contribution in [0.25, 0.3) is 11.4 Å². The molecule has 0 bridgehead atoms. The van der Waals surface area contributed by atoms with Crippen molar-refractivity contribution in [1.29, 1.82) is 0 Å². The fraction of sp³-hybridized carbons (Fsp3) is 0.385. The van der Waals surface area contributed by atoms with Gasteiger partial charge in [-0.25, -0.2) is 13.9 Å². The predicted molar refractivity (Wildman–Crippen MR) is 69.4 cm³/mol. The van der Waals surface area contributed by atoms with Crippen molar-refractivity contribution in [3.8, 4) is 11.4 Å². The second-order valence-corrected chi connectivity index (χ2v) is 4.44. The molecule has 1 aromatic heterocycles. The lowest BCUT2D eigenvalue weighted by Crippen LogP contribution is -2.42. The fourth-order valence-corrected chi connectivity index (χ4v) is 2.23. The Morgan fingerprint density at radius 1 is 1.35 bits per heavy atom. The minimum absolute atomic E-state index is 0.120. The molecule has 0 aliphatic carbocycles. The predicted octanol–water partition coefficient (Wildman–Crippen LogP) is 2.08. The quantitative estimate of drug-likeness (QED) is 0.905. The van der Waals surface area contributed by atoms with Crippen molar-refractivity contribution in [1.82, 2.24) is 20.2 Å². The molecule has 6 nitrogen and oxygen atoms in total. The van der Waals surface area contributed by atoms with E-state index >= 15 is 0 Å². The van der Waals surface area contributed by atoms with Gasteiger partial charge in [0.15, 0.2) is 11.4 Å². The van der Waals surface area contributed by atoms with Crippen LogP contribution in [-0.4, -0.2) is 31.3 Å². The van der Waals surface area contributed by atoms with Gasteiger partial charge in [-0.15, -0.1) is 5.10 Å². The zero-order chi connectivity index (χ0) is 14.8. The molecule has 1 N–H and O–H groups in total. The van der Waals surface area contributed by atoms with Crippen LogP contribution < -0.4 is 0 Å². The normalized spacial score (nSPS) is 11.6. The molecule has 0 radical (unpaired) electrons. The number of aliphatic carboxylic acids is 1. The summed E-state index contributed by atoms with van der Waals surface area (Å²) in [6.45, 7) is 3.48. The van der Waals surface area contributed by atoms with Crippen molar-refractivity contribution in [2.24, 2.45) is 0 Å². The van der Waals surface area contributed by atoms with Gasteiger partial charge in [-0.2, -0.15) is 0 Å². The highest BCUT2D eigenvalue weighted by Crippen LogP contribution is 2.30. The van der Waals surface area contributed by atoms with Crippen LogP contribution in [-0.2, 0) is 10.3 Å². The number of nitrogens with zero attached hydrogens (tertiary/aromatic N) is 4. The molecule has 0 saturated heterocycles. The van der Waals surface area contributed by atoms with Crippen LogP contribution in [0.5, 0.6) is 0 Å². The third-order valence-electron chi connectivity index (χ3n) is 3.56. The monoisotopic (exact) mass is 278 g/mol. The van der Waals surface area contributed by atoms with Crippen molar-refractivity contribution in [3.63, 3.8) is 0 Å². The Hall–Kier alpha value is -2.31. The number of halogens is 1. The van der Waals surface area contributed by atoms with Crippen molar-refractivity contribution >= 4 is 5.97 Å². The third kappa shape index (κ3) is 2.04. The first kappa shape index (κ1) is 14.1. The molecule has 0 aliphatic heterocycles. The van der Waals surface area contributed by atoms with E-state index in [2.05, 4.69) is 15.5 Å². The van der Waals surface area contributed by atoms with Gasteiger partial charge in [0.25, 0.3) is 0 Å². The number of aromatic nitrogens is 4. The number of carboxylic acid groups (broad SMARTS) is 1. The lowest BCUT2D eigenvalue weighted by atomic mass is 9.92. The summed E-state index contributed by atoms with van der Waals surface area (Å²) in [5.74, 6) is -1.41. The second-order valence-electron chi connectivity index (χ2n) is 4.44. The van der Waals surface area contributed by atoms with Gasteiger partial charge in [0.2, 0.25) is 0 Å². The number of rotatable bonds is 5. The van der Waals surface area contributed by atoms with Crippen LogP contribution in [0, 0.1) is 5.82 Å². The number of benzene rings is 1. The highest BCUT2D eigenvalue weighted by molar-refractivity contribution is 5.77. The third-order valence-corrected chi connectivity index (χ3v) is 3.56. The average molecular weight is 278 g/mol. The molecule has 0 aliphatic rings. The minimum atomic E-state index is -1.28. The van der Waals surface area contributed by atoms with E-state index in [1.165, 1.54) is 16.8 Å². The zero-order valence-electron chi connectivity index (χ0n) is 11.2. The number of tetrazole rings is 1. The minimum Gasteiger partial charge on any atom is -0.479 e. The number of hydrogen-bond acceptors (Lipinski definition) is 4. The number of carboxylic acids is 1. The van der Waals surface area contributed by atoms with E-state index in [4.69, 9.17) is 0 Å². The summed E-state index contributed by atoms with van der Waals surface area (Å²) in [6, 6.07) is 6.01. The fourth-order valence-electron chi connectivity index (χ4n) is 2.23. The van der Waals surface area contributed by atoms with Crippen LogP contribution in [0.15, 0.2) is 24.3 Å². The molecule has 7 heteroatoms. The van der Waals surface area contributed by atoms with Crippen molar-refractivity contribution in [2.75, 3.05) is 0 Å². The molecule has 0 fully saturated rings. The molecule has 106 valence electrons. The molecule has 2 rings (SSSR count). The SMILES string of the molecule is CCC(CC)(C(=O)O)n1nnnc1-c1ccccc1F. The smallest absolute Gasteiger partial charge is 0.331 e. The highest BCUT2D eigenvalue weighted by Gasteiger charge is 2.40. The maximum absolute atomic E-state index is 13.9. The Labute approximate surface area is 115 Å². The van der Waals surface area contributed by atoms with E-state index < -0.39 is 17.3 Å². The van der Waals surface area contributed by atoms with E-state index in [0.29, 0.717) is 12.8 Å². The molecule has 2 aromatic rings. The van der Waals surface area contributed by atoms with Gasteiger partial charge in [0, 0.05) is 0 Å². The topological polar surface area (TPSA) is 80.9 Å². The van der Waals surface area contributed by atoms with Gasteiger partial charge in [0.1, 0.15) is 5.82 Å². The molecule has 20 heavy (non-hydrogen) atoms. The Kier molecular flexibility index (Phi) is 3.78. The molecule has 0 amide bonds. The summed E-state index contributed by atoms with van der Waals surface area (Å²) in [5.41, 5.74) is -1.09. The van der Waals surface area contributed by atoms with Crippen LogP contribution >= 0.6 is 0 Å². The van der Waals surface area contributed by atoms with Crippen LogP contribution in [0.1, 0.15) is 26.7 Å². The van der Waals surface area contributed by atoms with E-state index in [1.807, 2.05) is 0 Å². The van der Waals surface area contributed by atoms with Gasteiger partial charge < -0.3 is 5.11 Å². The molecular formula is C13H15FN4O2. The molecular weight excluding hydrogens is 263 g/mol. The van der Waals surface area contributed by atoms with Gasteiger partial charge in [-0.05, 0) is 35.4 Å². The Morgan fingerprint density at radius 2 is 2.00 bits per heavy atom. The molecule has 0 unspecified atom stereocenters. The zero-order valence-corrected chi connectivity index (χ0v) is 11.2. The van der Waals surface area contributed by atoms with Gasteiger partial charge >= 0.3 is 5.97 Å². The molecule has 0 saturated carbocycles. The van der Waals surface area contributed by atoms with Gasteiger partial charge in [0.05, 0.1) is 5.56 Å². The Balaban J connectivity index is 2.64. The van der Waals surface area contributed by atoms with Crippen molar-refractivity contribution in [2.45, 2.75) is 32.2 Å². The molecule has 1 heterocycles. The molecule has 0 spiro atoms. The van der Waals surface area contributed by atoms with Crippen LogP contribution in [0.4, 0.5) is 4.39 Å². The Bertz CT molecular complexity index is 622. The summed E-state index contributed by atoms with van der Waals surface area (Å²) in [4.78, 5) is 11.6. The second kappa shape index (κ2) is 5.36. The first-order valence-corrected chi connectivity index (χ1v) is 6.34. The number of carbonyl (C=O) groups is 1. The summed E-state index contributed by atoms with van der Waals surface area (Å²) >= 11 is 0. The van der Waals surface area contributed by atoms with E-state index in [-0.39, 0.29) is 11.4 Å². The van der Waals surface area contributed by atoms with Crippen LogP contribution in [0.3, 0.4) is 0 Å². The van der Waals surface area contributed by atoms with Crippen molar-refractivity contribution < 1.29 is 14.3 Å².